The summed E-state index contributed by atoms with van der Waals surface area (Å²) in [7, 11) is 0. The molecule has 1 rings (SSSR count). The van der Waals surface area contributed by atoms with E-state index in [1.54, 1.807) is 31.2 Å². The van der Waals surface area contributed by atoms with E-state index >= 15 is 0 Å². The standard InChI is InChI=1S/C11H12ClNO2/c1-8(10(14)7-12)13-11(15)9-5-3-2-4-6-9/h2-6,8H,7H2,1H3,(H,13,15)/t8-/m0/s1. The number of hydrogen-bond acceptors (Lipinski definition) is 2. The van der Waals surface area contributed by atoms with Crippen molar-refractivity contribution in [3.05, 3.63) is 35.9 Å². The number of nitrogens with one attached hydrogen (secondary N) is 1. The molecule has 1 atom stereocenters. The molecule has 0 saturated heterocycles. The minimum atomic E-state index is -0.546. The smallest absolute Gasteiger partial charge is 0.251 e. The van der Waals surface area contributed by atoms with E-state index in [0.29, 0.717) is 5.56 Å². The molecular weight excluding hydrogens is 214 g/mol. The maximum Gasteiger partial charge on any atom is 0.251 e. The second-order valence-electron chi connectivity index (χ2n) is 3.16. The molecule has 0 spiro atoms. The van der Waals surface area contributed by atoms with Gasteiger partial charge >= 0.3 is 0 Å². The lowest BCUT2D eigenvalue weighted by molar-refractivity contribution is -0.118. The highest BCUT2D eigenvalue weighted by atomic mass is 35.5. The number of alkyl halides is 1. The molecule has 0 unspecified atom stereocenters. The summed E-state index contributed by atoms with van der Waals surface area (Å²) in [6.07, 6.45) is 0. The van der Waals surface area contributed by atoms with E-state index in [4.69, 9.17) is 11.6 Å². The quantitative estimate of drug-likeness (QED) is 0.792. The van der Waals surface area contributed by atoms with Gasteiger partial charge in [-0.1, -0.05) is 18.2 Å². The highest BCUT2D eigenvalue weighted by Gasteiger charge is 2.14. The third-order valence-electron chi connectivity index (χ3n) is 2.00. The van der Waals surface area contributed by atoms with Gasteiger partial charge in [0.1, 0.15) is 0 Å². The van der Waals surface area contributed by atoms with Crippen LogP contribution >= 0.6 is 11.6 Å². The first-order valence-corrected chi connectivity index (χ1v) is 5.13. The Hall–Kier alpha value is -1.35. The van der Waals surface area contributed by atoms with Crippen LogP contribution in [-0.4, -0.2) is 23.6 Å². The van der Waals surface area contributed by atoms with Crippen molar-refractivity contribution in [1.29, 1.82) is 0 Å². The number of hydrogen-bond donors (Lipinski definition) is 1. The first-order valence-electron chi connectivity index (χ1n) is 4.59. The summed E-state index contributed by atoms with van der Waals surface area (Å²) in [6.45, 7) is 1.62. The number of benzene rings is 1. The highest BCUT2D eigenvalue weighted by molar-refractivity contribution is 6.28. The Kier molecular flexibility index (Phi) is 4.31. The van der Waals surface area contributed by atoms with Crippen LogP contribution < -0.4 is 5.32 Å². The van der Waals surface area contributed by atoms with Crippen LogP contribution in [-0.2, 0) is 4.79 Å². The van der Waals surface area contributed by atoms with Gasteiger partial charge in [-0.15, -0.1) is 11.6 Å². The van der Waals surface area contributed by atoms with Crippen molar-refractivity contribution in [1.82, 2.24) is 5.32 Å². The third-order valence-corrected chi connectivity index (χ3v) is 2.26. The van der Waals surface area contributed by atoms with Crippen molar-refractivity contribution >= 4 is 23.3 Å². The van der Waals surface area contributed by atoms with Crippen molar-refractivity contribution in [3.8, 4) is 0 Å². The molecule has 4 heteroatoms. The van der Waals surface area contributed by atoms with Gasteiger partial charge in [-0.2, -0.15) is 0 Å². The van der Waals surface area contributed by atoms with Crippen LogP contribution in [0.4, 0.5) is 0 Å². The zero-order chi connectivity index (χ0) is 11.3. The summed E-state index contributed by atoms with van der Waals surface area (Å²) >= 11 is 5.38. The molecule has 1 amide bonds. The van der Waals surface area contributed by atoms with Gasteiger partial charge in [0.25, 0.3) is 5.91 Å². The molecule has 0 heterocycles. The number of amides is 1. The van der Waals surface area contributed by atoms with Crippen LogP contribution in [0.5, 0.6) is 0 Å². The Morgan fingerprint density at radius 2 is 1.93 bits per heavy atom. The first kappa shape index (κ1) is 11.7. The van der Waals surface area contributed by atoms with E-state index in [-0.39, 0.29) is 17.6 Å². The molecule has 0 aliphatic rings. The Balaban J connectivity index is 2.61. The molecule has 3 nitrogen and oxygen atoms in total. The topological polar surface area (TPSA) is 46.2 Å². The Morgan fingerprint density at radius 1 is 1.33 bits per heavy atom. The summed E-state index contributed by atoms with van der Waals surface area (Å²) in [6, 6.07) is 8.19. The normalized spacial score (nSPS) is 11.9. The average molecular weight is 226 g/mol. The Bertz CT molecular complexity index is 351. The van der Waals surface area contributed by atoms with Gasteiger partial charge in [-0.25, -0.2) is 0 Å². The Labute approximate surface area is 93.4 Å². The summed E-state index contributed by atoms with van der Waals surface area (Å²) in [5.41, 5.74) is 0.534. The van der Waals surface area contributed by atoms with Gasteiger partial charge in [-0.3, -0.25) is 9.59 Å². The maximum atomic E-state index is 11.6. The number of carbonyl (C=O) groups excluding carboxylic acids is 2. The second-order valence-corrected chi connectivity index (χ2v) is 3.43. The van der Waals surface area contributed by atoms with Crippen LogP contribution in [0, 0.1) is 0 Å². The molecule has 1 aromatic carbocycles. The minimum Gasteiger partial charge on any atom is -0.342 e. The Morgan fingerprint density at radius 3 is 2.47 bits per heavy atom. The molecule has 1 N–H and O–H groups in total. The van der Waals surface area contributed by atoms with E-state index in [0.717, 1.165) is 0 Å². The fourth-order valence-corrected chi connectivity index (χ4v) is 1.30. The highest BCUT2D eigenvalue weighted by Crippen LogP contribution is 1.99. The van der Waals surface area contributed by atoms with Gasteiger partial charge in [-0.05, 0) is 19.1 Å². The summed E-state index contributed by atoms with van der Waals surface area (Å²) in [4.78, 5) is 22.7. The van der Waals surface area contributed by atoms with E-state index in [1.807, 2.05) is 6.07 Å². The molecule has 0 fully saturated rings. The van der Waals surface area contributed by atoms with E-state index < -0.39 is 6.04 Å². The van der Waals surface area contributed by atoms with Crippen molar-refractivity contribution in [3.63, 3.8) is 0 Å². The largest absolute Gasteiger partial charge is 0.342 e. The van der Waals surface area contributed by atoms with E-state index in [2.05, 4.69) is 5.32 Å². The zero-order valence-corrected chi connectivity index (χ0v) is 9.12. The van der Waals surface area contributed by atoms with E-state index in [9.17, 15) is 9.59 Å². The maximum absolute atomic E-state index is 11.6. The molecule has 0 aliphatic carbocycles. The summed E-state index contributed by atoms with van der Waals surface area (Å²) in [5.74, 6) is -0.543. The molecule has 15 heavy (non-hydrogen) atoms. The second kappa shape index (κ2) is 5.51. The molecule has 1 aromatic rings. The minimum absolute atomic E-state index is 0.0871. The monoisotopic (exact) mass is 225 g/mol. The molecule has 0 saturated carbocycles. The lowest BCUT2D eigenvalue weighted by atomic mass is 10.2. The molecule has 0 radical (unpaired) electrons. The van der Waals surface area contributed by atoms with Gasteiger partial charge in [0, 0.05) is 5.56 Å². The SMILES string of the molecule is C[C@H](NC(=O)c1ccccc1)C(=O)CCl. The van der Waals surface area contributed by atoms with Crippen LogP contribution in [0.2, 0.25) is 0 Å². The third kappa shape index (κ3) is 3.36. The number of halogens is 1. The molecule has 80 valence electrons. The predicted molar refractivity (Wildman–Crippen MR) is 59.1 cm³/mol. The van der Waals surface area contributed by atoms with Crippen LogP contribution in [0.25, 0.3) is 0 Å². The van der Waals surface area contributed by atoms with Crippen molar-refractivity contribution < 1.29 is 9.59 Å². The zero-order valence-electron chi connectivity index (χ0n) is 8.37. The number of rotatable bonds is 4. The molecular formula is C11H12ClNO2. The van der Waals surface area contributed by atoms with Crippen LogP contribution in [0.15, 0.2) is 30.3 Å². The summed E-state index contributed by atoms with van der Waals surface area (Å²) in [5, 5.41) is 2.57. The molecule has 0 aromatic heterocycles. The van der Waals surface area contributed by atoms with Crippen LogP contribution in [0.1, 0.15) is 17.3 Å². The lowest BCUT2D eigenvalue weighted by Gasteiger charge is -2.10. The predicted octanol–water partition coefficient (Wildman–Crippen LogP) is 1.61. The van der Waals surface area contributed by atoms with Crippen molar-refractivity contribution in [2.75, 3.05) is 5.88 Å². The fraction of sp³-hybridized carbons (Fsp3) is 0.273. The van der Waals surface area contributed by atoms with Gasteiger partial charge in [0.2, 0.25) is 0 Å². The number of Topliss-reactive ketones (excluding diaryl/α,β-unsaturated/α-hetero) is 1. The van der Waals surface area contributed by atoms with Gasteiger partial charge < -0.3 is 5.32 Å². The molecule has 0 aliphatic heterocycles. The van der Waals surface area contributed by atoms with Crippen LogP contribution in [0.3, 0.4) is 0 Å². The van der Waals surface area contributed by atoms with Crippen molar-refractivity contribution in [2.24, 2.45) is 0 Å². The first-order chi connectivity index (χ1) is 7.15. The summed E-state index contributed by atoms with van der Waals surface area (Å²) < 4.78 is 0. The van der Waals surface area contributed by atoms with Gasteiger partial charge in [0.05, 0.1) is 11.9 Å². The fourth-order valence-electron chi connectivity index (χ4n) is 1.07. The average Bonchev–Trinajstić information content (AvgIpc) is 2.29. The number of ketones is 1. The van der Waals surface area contributed by atoms with Gasteiger partial charge in [0.15, 0.2) is 5.78 Å². The number of carbonyl (C=O) groups is 2. The van der Waals surface area contributed by atoms with Crippen molar-refractivity contribution in [2.45, 2.75) is 13.0 Å². The lowest BCUT2D eigenvalue weighted by Crippen LogP contribution is -2.39. The van der Waals surface area contributed by atoms with E-state index in [1.165, 1.54) is 0 Å². The molecule has 0 bridgehead atoms.